The fourth-order valence-electron chi connectivity index (χ4n) is 4.77. The lowest BCUT2D eigenvalue weighted by Gasteiger charge is -2.27. The summed E-state index contributed by atoms with van der Waals surface area (Å²) in [5, 5.41) is 112. The number of rotatable bonds is 21. The second-order valence-corrected chi connectivity index (χ2v) is 16.2. The lowest BCUT2D eigenvalue weighted by molar-refractivity contribution is -0.119. The third-order valence-corrected chi connectivity index (χ3v) is 11.9. The smallest absolute Gasteiger partial charge is 0.253 e. The van der Waals surface area contributed by atoms with Gasteiger partial charge in [-0.3, -0.25) is 28.8 Å². The molecule has 0 bridgehead atoms. The van der Waals surface area contributed by atoms with Crippen LogP contribution in [0.25, 0.3) is 11.1 Å². The van der Waals surface area contributed by atoms with Crippen LogP contribution in [0.4, 0.5) is 11.4 Å². The highest BCUT2D eigenvalue weighted by Gasteiger charge is 2.38. The topological polar surface area (TPSA) is 377 Å². The van der Waals surface area contributed by atoms with E-state index in [9.17, 15) is 79.8 Å². The fourth-order valence-corrected chi connectivity index (χ4v) is 9.47. The second kappa shape index (κ2) is 24.9. The Hall–Kier alpha value is -2.22. The van der Waals surface area contributed by atoms with Crippen molar-refractivity contribution in [2.24, 2.45) is 0 Å². The van der Waals surface area contributed by atoms with Gasteiger partial charge in [0.2, 0.25) is 11.8 Å². The monoisotopic (exact) mass is 1270 g/mol. The molecule has 0 aromatic heterocycles. The van der Waals surface area contributed by atoms with Crippen LogP contribution in [0.5, 0.6) is 0 Å². The number of benzene rings is 2. The molecule has 0 aliphatic carbocycles. The molecule has 0 fully saturated rings. The summed E-state index contributed by atoms with van der Waals surface area (Å²) >= 11 is 6.41. The molecule has 0 saturated heterocycles. The van der Waals surface area contributed by atoms with E-state index < -0.39 is 159 Å². The second-order valence-electron chi connectivity index (χ2n) is 11.9. The van der Waals surface area contributed by atoms with Crippen molar-refractivity contribution in [2.75, 3.05) is 76.5 Å². The molecule has 16 N–H and O–H groups in total. The number of aliphatic hydroxyl groups is 10. The van der Waals surface area contributed by atoms with Gasteiger partial charge in [0.15, 0.2) is 0 Å². The first-order valence-electron chi connectivity index (χ1n) is 16.5. The summed E-state index contributed by atoms with van der Waals surface area (Å²) in [7, 11) is 0. The van der Waals surface area contributed by atoms with Crippen LogP contribution in [0.1, 0.15) is 41.4 Å². The van der Waals surface area contributed by atoms with E-state index in [2.05, 4.69) is 31.9 Å². The summed E-state index contributed by atoms with van der Waals surface area (Å²) < 4.78 is -0.746. The molecule has 322 valence electrons. The van der Waals surface area contributed by atoms with Crippen molar-refractivity contribution in [3.8, 4) is 11.1 Å². The van der Waals surface area contributed by atoms with Gasteiger partial charge in [0.25, 0.3) is 23.6 Å². The molecule has 0 aliphatic rings. The predicted octanol–water partition coefficient (Wildman–Crippen LogP) is -4.03. The largest absolute Gasteiger partial charge is 0.394 e. The maximum Gasteiger partial charge on any atom is 0.253 e. The number of aliphatic hydroxyl groups excluding tert-OH is 10. The molecular weight excluding hydrogens is 1230 g/mol. The molecule has 0 radical (unpaired) electrons. The molecule has 26 heteroatoms. The summed E-state index contributed by atoms with van der Waals surface area (Å²) in [4.78, 5) is 82.8. The van der Waals surface area contributed by atoms with Crippen LogP contribution in [0.3, 0.4) is 0 Å². The summed E-state index contributed by atoms with van der Waals surface area (Å²) in [5.74, 6) is -6.60. The number of hydrogen-bond acceptors (Lipinski definition) is 16. The first-order chi connectivity index (χ1) is 27.3. The van der Waals surface area contributed by atoms with Gasteiger partial charge in [0.05, 0.1) is 98.8 Å². The van der Waals surface area contributed by atoms with Crippen molar-refractivity contribution in [1.29, 1.82) is 0 Å². The third kappa shape index (κ3) is 13.4. The molecule has 2 aromatic rings. The molecule has 0 spiro atoms. The van der Waals surface area contributed by atoms with Gasteiger partial charge >= 0.3 is 0 Å². The standard InChI is InChI=1S/C32H40I4N6O16/c33-23-19(29(55)37-1-11(49)5-43)17(20(30(56)38-2-12(50)6-44)24(34)27(23)41-15(53)9-47)18-21(31(57)39-3-13(51)7-45)25(35)28(42-16(54)10-48)26(36)22(18)32(58)40-4-14(52)8-46/h11-14,43-52H,1-10H2,(H,37,55)(H,38,56)(H,39,57)(H,40,58)(H,41,53)(H,42,54). The van der Waals surface area contributed by atoms with Crippen LogP contribution in [-0.4, -0.2) is 177 Å². The van der Waals surface area contributed by atoms with Gasteiger partial charge in [-0.05, 0) is 90.4 Å². The molecule has 4 unspecified atom stereocenters. The molecule has 0 aliphatic heterocycles. The first-order valence-corrected chi connectivity index (χ1v) is 20.9. The summed E-state index contributed by atoms with van der Waals surface area (Å²) in [6.45, 7) is -7.87. The van der Waals surface area contributed by atoms with Crippen LogP contribution in [0.15, 0.2) is 0 Å². The molecule has 58 heavy (non-hydrogen) atoms. The minimum absolute atomic E-state index is 0.187. The van der Waals surface area contributed by atoms with Crippen LogP contribution >= 0.6 is 90.4 Å². The van der Waals surface area contributed by atoms with Crippen LogP contribution in [-0.2, 0) is 9.59 Å². The maximum absolute atomic E-state index is 14.4. The van der Waals surface area contributed by atoms with Gasteiger partial charge in [-0.25, -0.2) is 0 Å². The Bertz CT molecular complexity index is 1640. The van der Waals surface area contributed by atoms with E-state index in [4.69, 9.17) is 0 Å². The lowest BCUT2D eigenvalue weighted by atomic mass is 9.85. The molecule has 2 rings (SSSR count). The van der Waals surface area contributed by atoms with E-state index in [0.29, 0.717) is 0 Å². The van der Waals surface area contributed by atoms with Crippen molar-refractivity contribution in [2.45, 2.75) is 24.4 Å². The van der Waals surface area contributed by atoms with Crippen molar-refractivity contribution >= 4 is 137 Å². The minimum Gasteiger partial charge on any atom is -0.394 e. The average Bonchev–Trinajstić information content (AvgIpc) is 3.21. The molecule has 2 aromatic carbocycles. The summed E-state index contributed by atoms with van der Waals surface area (Å²) in [6, 6.07) is 0. The van der Waals surface area contributed by atoms with Crippen LogP contribution in [0.2, 0.25) is 0 Å². The van der Waals surface area contributed by atoms with Gasteiger partial charge in [0, 0.05) is 37.3 Å². The Morgan fingerprint density at radius 1 is 0.414 bits per heavy atom. The highest BCUT2D eigenvalue weighted by atomic mass is 127. The number of anilines is 2. The Kier molecular flexibility index (Phi) is 22.3. The van der Waals surface area contributed by atoms with Crippen LogP contribution < -0.4 is 31.9 Å². The molecule has 4 atom stereocenters. The summed E-state index contributed by atoms with van der Waals surface area (Å²) in [6.07, 6.45) is -6.11. The van der Waals surface area contributed by atoms with E-state index in [1.165, 1.54) is 0 Å². The molecule has 22 nitrogen and oxygen atoms in total. The van der Waals surface area contributed by atoms with E-state index in [-0.39, 0.29) is 25.7 Å². The zero-order valence-electron chi connectivity index (χ0n) is 29.8. The number of halogens is 4. The minimum atomic E-state index is -1.53. The Morgan fingerprint density at radius 2 is 0.621 bits per heavy atom. The highest BCUT2D eigenvalue weighted by Crippen LogP contribution is 2.46. The summed E-state index contributed by atoms with van der Waals surface area (Å²) in [5.41, 5.74) is -3.87. The van der Waals surface area contributed by atoms with Gasteiger partial charge < -0.3 is 83.0 Å². The Balaban J connectivity index is 3.54. The van der Waals surface area contributed by atoms with Crippen molar-refractivity contribution < 1.29 is 79.8 Å². The predicted molar refractivity (Wildman–Crippen MR) is 236 cm³/mol. The molecule has 6 amide bonds. The molecule has 0 saturated carbocycles. The van der Waals surface area contributed by atoms with Crippen molar-refractivity contribution in [3.05, 3.63) is 36.5 Å². The van der Waals surface area contributed by atoms with Gasteiger partial charge in [-0.15, -0.1) is 0 Å². The fraction of sp³-hybridized carbons (Fsp3) is 0.438. The van der Waals surface area contributed by atoms with E-state index in [0.717, 1.165) is 0 Å². The van der Waals surface area contributed by atoms with Gasteiger partial charge in [0.1, 0.15) is 13.2 Å². The number of carbonyl (C=O) groups excluding carboxylic acids is 6. The van der Waals surface area contributed by atoms with E-state index in [1.807, 2.05) is 0 Å². The first kappa shape index (κ1) is 51.9. The van der Waals surface area contributed by atoms with Crippen molar-refractivity contribution in [1.82, 2.24) is 21.3 Å². The number of hydrogen-bond donors (Lipinski definition) is 16. The highest BCUT2D eigenvalue weighted by molar-refractivity contribution is 14.1. The SMILES string of the molecule is O=C(CO)Nc1c(I)c(C(=O)NCC(O)CO)c(-c2c(C(=O)NCC(O)CO)c(I)c(NC(=O)CO)c(I)c2C(=O)NCC(O)CO)c(C(=O)NCC(O)CO)c1I. The van der Waals surface area contributed by atoms with Crippen molar-refractivity contribution in [3.63, 3.8) is 0 Å². The molecule has 0 heterocycles. The number of amides is 6. The van der Waals surface area contributed by atoms with Gasteiger partial charge in [-0.1, -0.05) is 0 Å². The zero-order valence-corrected chi connectivity index (χ0v) is 38.4. The quantitative estimate of drug-likeness (QED) is 0.0529. The van der Waals surface area contributed by atoms with E-state index >= 15 is 0 Å². The Labute approximate surface area is 383 Å². The van der Waals surface area contributed by atoms with Crippen LogP contribution in [0, 0.1) is 14.3 Å². The normalized spacial score (nSPS) is 13.1. The Morgan fingerprint density at radius 3 is 0.793 bits per heavy atom. The average molecular weight is 1270 g/mol. The number of nitrogens with one attached hydrogen (secondary N) is 6. The number of carbonyl (C=O) groups is 6. The zero-order chi connectivity index (χ0) is 44.0. The van der Waals surface area contributed by atoms with Gasteiger partial charge in [-0.2, -0.15) is 0 Å². The maximum atomic E-state index is 14.4. The molecular formula is C32H40I4N6O16. The third-order valence-electron chi connectivity index (χ3n) is 7.57. The lowest BCUT2D eigenvalue weighted by Crippen LogP contribution is -2.39. The van der Waals surface area contributed by atoms with E-state index in [1.54, 1.807) is 90.4 Å².